The van der Waals surface area contributed by atoms with Gasteiger partial charge in [0.05, 0.1) is 35.0 Å². The third-order valence-corrected chi connectivity index (χ3v) is 10.7. The Morgan fingerprint density at radius 1 is 0.605 bits per heavy atom. The predicted octanol–water partition coefficient (Wildman–Crippen LogP) is 6.35. The molecule has 3 fully saturated rings. The molecule has 1 saturated carbocycles. The molecule has 0 radical (unpaired) electrons. The fraction of sp³-hybridized carbons (Fsp3) is 0.333. The van der Waals surface area contributed by atoms with Crippen LogP contribution in [0.15, 0.2) is 65.2 Å². The lowest BCUT2D eigenvalue weighted by Gasteiger charge is -2.53. The van der Waals surface area contributed by atoms with Gasteiger partial charge in [-0.1, -0.05) is 75.6 Å². The molecule has 218 valence electrons. The monoisotopic (exact) mass is 636 g/mol. The predicted molar refractivity (Wildman–Crippen MR) is 169 cm³/mol. The Morgan fingerprint density at radius 3 is 1.40 bits per heavy atom. The highest BCUT2D eigenvalue weighted by Crippen LogP contribution is 2.65. The highest BCUT2D eigenvalue weighted by atomic mass is 79.9. The van der Waals surface area contributed by atoms with Crippen LogP contribution in [-0.4, -0.2) is 23.6 Å². The molecule has 2 aliphatic heterocycles. The molecule has 3 aromatic rings. The molecule has 6 nitrogen and oxygen atoms in total. The summed E-state index contributed by atoms with van der Waals surface area (Å²) in [7, 11) is 0. The van der Waals surface area contributed by atoms with Crippen LogP contribution in [0.4, 0.5) is 11.4 Å². The minimum Gasteiger partial charge on any atom is -0.274 e. The molecule has 2 saturated heterocycles. The molecule has 0 aromatic heterocycles. The van der Waals surface area contributed by atoms with Crippen LogP contribution in [-0.2, 0) is 24.6 Å². The first kappa shape index (κ1) is 28.0. The number of aryl methyl sites for hydroxylation is 6. The summed E-state index contributed by atoms with van der Waals surface area (Å²) in [5, 5.41) is 0. The minimum atomic E-state index is -1.16. The quantitative estimate of drug-likeness (QED) is 0.248. The van der Waals surface area contributed by atoms with Gasteiger partial charge in [0.15, 0.2) is 0 Å². The molecule has 3 aromatic carbocycles. The number of nitrogens with zero attached hydrogens (tertiary/aromatic N) is 2. The van der Waals surface area contributed by atoms with E-state index < -0.39 is 35.0 Å². The maximum atomic E-state index is 14.7. The van der Waals surface area contributed by atoms with Crippen LogP contribution in [0.2, 0.25) is 0 Å². The molecular weight excluding hydrogens is 604 g/mol. The Bertz CT molecular complexity index is 1680. The van der Waals surface area contributed by atoms with Gasteiger partial charge in [-0.05, 0) is 81.5 Å². The number of carbonyl (C=O) groups is 4. The zero-order chi connectivity index (χ0) is 30.7. The molecule has 8 rings (SSSR count). The van der Waals surface area contributed by atoms with E-state index in [0.29, 0.717) is 11.4 Å². The number of hydrogen-bond acceptors (Lipinski definition) is 4. The average molecular weight is 638 g/mol. The first-order valence-corrected chi connectivity index (χ1v) is 15.5. The van der Waals surface area contributed by atoms with E-state index in [-0.39, 0.29) is 23.6 Å². The van der Waals surface area contributed by atoms with Gasteiger partial charge in [-0.3, -0.25) is 19.2 Å². The Hall–Kier alpha value is -3.84. The highest BCUT2D eigenvalue weighted by Gasteiger charge is 2.75. The average Bonchev–Trinajstić information content (AvgIpc) is 3.36. The van der Waals surface area contributed by atoms with E-state index in [9.17, 15) is 19.2 Å². The first-order chi connectivity index (χ1) is 20.4. The number of allylic oxidation sites excluding steroid dienone is 2. The lowest BCUT2D eigenvalue weighted by Crippen LogP contribution is -2.60. The molecule has 2 heterocycles. The van der Waals surface area contributed by atoms with Gasteiger partial charge in [0, 0.05) is 15.8 Å². The van der Waals surface area contributed by atoms with Crippen LogP contribution < -0.4 is 9.80 Å². The van der Waals surface area contributed by atoms with Crippen molar-refractivity contribution in [3.8, 4) is 0 Å². The number of carbonyl (C=O) groups excluding carboxylic acids is 4. The maximum Gasteiger partial charge on any atom is 0.238 e. The van der Waals surface area contributed by atoms with Gasteiger partial charge < -0.3 is 0 Å². The largest absolute Gasteiger partial charge is 0.274 e. The molecule has 7 heteroatoms. The van der Waals surface area contributed by atoms with Crippen molar-refractivity contribution in [2.45, 2.75) is 47.0 Å². The second-order valence-corrected chi connectivity index (χ2v) is 13.8. The maximum absolute atomic E-state index is 14.7. The number of rotatable bonds is 3. The van der Waals surface area contributed by atoms with Gasteiger partial charge in [-0.2, -0.15) is 0 Å². The Labute approximate surface area is 259 Å². The molecule has 4 amide bonds. The number of imide groups is 2. The van der Waals surface area contributed by atoms with Crippen molar-refractivity contribution in [1.29, 1.82) is 0 Å². The smallest absolute Gasteiger partial charge is 0.238 e. The number of anilines is 2. The Morgan fingerprint density at radius 2 is 1.00 bits per heavy atom. The number of hydrogen-bond donors (Lipinski definition) is 0. The third kappa shape index (κ3) is 3.57. The normalized spacial score (nSPS) is 29.1. The molecule has 3 aliphatic carbocycles. The summed E-state index contributed by atoms with van der Waals surface area (Å²) < 4.78 is 0.858. The topological polar surface area (TPSA) is 74.8 Å². The van der Waals surface area contributed by atoms with E-state index in [1.54, 1.807) is 0 Å². The second-order valence-electron chi connectivity index (χ2n) is 12.9. The van der Waals surface area contributed by atoms with E-state index in [4.69, 9.17) is 0 Å². The fourth-order valence-electron chi connectivity index (χ4n) is 8.98. The number of halogens is 1. The van der Waals surface area contributed by atoms with Crippen LogP contribution in [0.5, 0.6) is 0 Å². The van der Waals surface area contributed by atoms with E-state index in [1.807, 2.05) is 102 Å². The zero-order valence-electron chi connectivity index (χ0n) is 25.1. The highest BCUT2D eigenvalue weighted by molar-refractivity contribution is 9.10. The van der Waals surface area contributed by atoms with Gasteiger partial charge in [0.25, 0.3) is 0 Å². The summed E-state index contributed by atoms with van der Waals surface area (Å²) >= 11 is 3.52. The summed E-state index contributed by atoms with van der Waals surface area (Å²) in [6.45, 7) is 11.7. The molecule has 2 bridgehead atoms. The molecular formula is C36H33BrN2O4. The molecule has 0 N–H and O–H groups in total. The van der Waals surface area contributed by atoms with Crippen LogP contribution in [0.3, 0.4) is 0 Å². The van der Waals surface area contributed by atoms with Crippen molar-refractivity contribution in [3.63, 3.8) is 0 Å². The number of amides is 4. The summed E-state index contributed by atoms with van der Waals surface area (Å²) in [5.74, 6) is -4.87. The lowest BCUT2D eigenvalue weighted by atomic mass is 9.45. The van der Waals surface area contributed by atoms with Crippen molar-refractivity contribution < 1.29 is 19.2 Å². The van der Waals surface area contributed by atoms with Gasteiger partial charge in [0.1, 0.15) is 0 Å². The Balaban J connectivity index is 1.45. The molecule has 5 aliphatic rings. The first-order valence-electron chi connectivity index (χ1n) is 14.7. The van der Waals surface area contributed by atoms with Crippen LogP contribution in [0.25, 0.3) is 0 Å². The number of benzene rings is 3. The van der Waals surface area contributed by atoms with Crippen molar-refractivity contribution in [2.75, 3.05) is 9.80 Å². The van der Waals surface area contributed by atoms with E-state index in [0.717, 1.165) is 43.4 Å². The van der Waals surface area contributed by atoms with E-state index >= 15 is 0 Å². The second kappa shape index (κ2) is 9.33. The molecule has 43 heavy (non-hydrogen) atoms. The molecule has 0 spiro atoms. The summed E-state index contributed by atoms with van der Waals surface area (Å²) in [6.07, 6.45) is 3.91. The van der Waals surface area contributed by atoms with Crippen molar-refractivity contribution in [2.24, 2.45) is 29.6 Å². The van der Waals surface area contributed by atoms with E-state index in [1.165, 1.54) is 9.80 Å². The van der Waals surface area contributed by atoms with Crippen LogP contribution in [0.1, 0.15) is 38.9 Å². The molecule has 2 unspecified atom stereocenters. The van der Waals surface area contributed by atoms with Gasteiger partial charge in [0.2, 0.25) is 23.6 Å². The zero-order valence-corrected chi connectivity index (χ0v) is 26.7. The van der Waals surface area contributed by atoms with Crippen LogP contribution in [0, 0.1) is 71.1 Å². The summed E-state index contributed by atoms with van der Waals surface area (Å²) in [4.78, 5) is 61.1. The van der Waals surface area contributed by atoms with E-state index in [2.05, 4.69) is 15.9 Å². The lowest BCUT2D eigenvalue weighted by molar-refractivity contribution is -0.140. The van der Waals surface area contributed by atoms with Crippen molar-refractivity contribution >= 4 is 50.9 Å². The minimum absolute atomic E-state index is 0.291. The SMILES string of the molecule is Cc1cc(C)c(N2C(=O)[C@@H]3C4C=CC(c5ccc(Br)cc5)([C@@H]3C2=O)[C@H]2C(=O)N(c3c(C)cc(C)cc3C)C(=O)[C@H]42)c(C)c1. The van der Waals surface area contributed by atoms with Gasteiger partial charge in [-0.15, -0.1) is 0 Å². The van der Waals surface area contributed by atoms with Crippen molar-refractivity contribution in [1.82, 2.24) is 0 Å². The summed E-state index contributed by atoms with van der Waals surface area (Å²) in [6, 6.07) is 15.5. The Kier molecular flexibility index (Phi) is 6.07. The van der Waals surface area contributed by atoms with Crippen LogP contribution >= 0.6 is 15.9 Å². The van der Waals surface area contributed by atoms with Crippen molar-refractivity contribution in [3.05, 3.63) is 104 Å². The summed E-state index contributed by atoms with van der Waals surface area (Å²) in [5.41, 5.74) is 6.31. The molecule has 6 atom stereocenters. The van der Waals surface area contributed by atoms with Gasteiger partial charge >= 0.3 is 0 Å². The van der Waals surface area contributed by atoms with Gasteiger partial charge in [-0.25, -0.2) is 9.80 Å². The third-order valence-electron chi connectivity index (χ3n) is 10.2. The fourth-order valence-corrected chi connectivity index (χ4v) is 9.25. The standard InChI is InChI=1S/C36H33BrN2O4/c1-17-13-19(3)30(20(4)14-17)38-32(40)26-25-11-12-36(28(26)34(38)42,23-7-9-24(37)10-8-23)29-27(25)33(41)39(35(29)43)31-21(5)15-18(2)16-22(31)6/h7-16,25-29H,1-6H3/t25?,26-,27-,28-,29+,36?/m1/s1.